The lowest BCUT2D eigenvalue weighted by atomic mass is 9.89. The number of nitrogens with one attached hydrogen (secondary N) is 1. The molecule has 1 aliphatic carbocycles. The number of hydrogen-bond donors (Lipinski definition) is 1. The first-order chi connectivity index (χ1) is 8.55. The molecule has 0 aromatic carbocycles. The summed E-state index contributed by atoms with van der Waals surface area (Å²) in [7, 11) is 0. The molecule has 2 unspecified atom stereocenters. The lowest BCUT2D eigenvalue weighted by molar-refractivity contribution is -0.157. The number of rotatable bonds is 3. The Morgan fingerprint density at radius 3 is 2.44 bits per heavy atom. The maximum atomic E-state index is 12.8. The van der Waals surface area contributed by atoms with Gasteiger partial charge in [0.2, 0.25) is 11.8 Å². The Morgan fingerprint density at radius 2 is 1.94 bits per heavy atom. The first kappa shape index (κ1) is 13.4. The highest BCUT2D eigenvalue weighted by molar-refractivity contribution is 6.00. The summed E-state index contributed by atoms with van der Waals surface area (Å²) in [4.78, 5) is 26.9. The fourth-order valence-corrected chi connectivity index (χ4v) is 3.29. The van der Waals surface area contributed by atoms with E-state index in [2.05, 4.69) is 12.2 Å². The molecule has 1 saturated heterocycles. The van der Waals surface area contributed by atoms with Gasteiger partial charge >= 0.3 is 0 Å². The summed E-state index contributed by atoms with van der Waals surface area (Å²) in [5.74, 6) is 0.195. The molecular formula is C14H24N2O2. The van der Waals surface area contributed by atoms with Crippen molar-refractivity contribution in [1.82, 2.24) is 10.2 Å². The minimum Gasteiger partial charge on any atom is -0.340 e. The van der Waals surface area contributed by atoms with Crippen LogP contribution in [0.3, 0.4) is 0 Å². The van der Waals surface area contributed by atoms with E-state index in [1.807, 2.05) is 18.7 Å². The van der Waals surface area contributed by atoms with Gasteiger partial charge in [0.15, 0.2) is 0 Å². The van der Waals surface area contributed by atoms with Gasteiger partial charge in [0.05, 0.1) is 0 Å². The van der Waals surface area contributed by atoms with Crippen LogP contribution < -0.4 is 5.32 Å². The Bertz CT molecular complexity index is 348. The van der Waals surface area contributed by atoms with Crippen LogP contribution in [-0.4, -0.2) is 34.3 Å². The zero-order valence-corrected chi connectivity index (χ0v) is 11.7. The van der Waals surface area contributed by atoms with Crippen molar-refractivity contribution in [3.05, 3.63) is 0 Å². The number of piperazine rings is 1. The van der Waals surface area contributed by atoms with E-state index in [4.69, 9.17) is 0 Å². The zero-order valence-electron chi connectivity index (χ0n) is 11.7. The predicted octanol–water partition coefficient (Wildman–Crippen LogP) is 1.83. The van der Waals surface area contributed by atoms with E-state index in [1.165, 1.54) is 0 Å². The van der Waals surface area contributed by atoms with Crippen LogP contribution in [0.1, 0.15) is 59.3 Å². The lowest BCUT2D eigenvalue weighted by Gasteiger charge is -2.46. The van der Waals surface area contributed by atoms with Crippen molar-refractivity contribution in [2.75, 3.05) is 0 Å². The Kier molecular flexibility index (Phi) is 3.64. The van der Waals surface area contributed by atoms with Gasteiger partial charge in [-0.1, -0.05) is 26.7 Å². The second-order valence-corrected chi connectivity index (χ2v) is 5.67. The molecule has 2 fully saturated rings. The molecule has 2 amide bonds. The van der Waals surface area contributed by atoms with Crippen molar-refractivity contribution in [2.24, 2.45) is 0 Å². The molecule has 2 aliphatic rings. The van der Waals surface area contributed by atoms with Crippen LogP contribution >= 0.6 is 0 Å². The molecule has 0 aromatic rings. The Labute approximate surface area is 109 Å². The number of carbonyl (C=O) groups is 2. The molecule has 0 bridgehead atoms. The maximum Gasteiger partial charge on any atom is 0.249 e. The SMILES string of the molecule is CCC(C)N1C(=O)C2(CCCC2)NC(=O)C1CC. The fourth-order valence-electron chi connectivity index (χ4n) is 3.29. The fraction of sp³-hybridized carbons (Fsp3) is 0.857. The van der Waals surface area contributed by atoms with E-state index in [1.54, 1.807) is 0 Å². The maximum absolute atomic E-state index is 12.8. The van der Waals surface area contributed by atoms with Gasteiger partial charge in [-0.3, -0.25) is 9.59 Å². The smallest absolute Gasteiger partial charge is 0.249 e. The van der Waals surface area contributed by atoms with Crippen LogP contribution in [0.2, 0.25) is 0 Å². The topological polar surface area (TPSA) is 49.4 Å². The van der Waals surface area contributed by atoms with Gasteiger partial charge in [-0.2, -0.15) is 0 Å². The second-order valence-electron chi connectivity index (χ2n) is 5.67. The first-order valence-corrected chi connectivity index (χ1v) is 7.20. The van der Waals surface area contributed by atoms with Crippen LogP contribution in [0.4, 0.5) is 0 Å². The van der Waals surface area contributed by atoms with Crippen LogP contribution in [0, 0.1) is 0 Å². The molecule has 4 heteroatoms. The average molecular weight is 252 g/mol. The van der Waals surface area contributed by atoms with Crippen molar-refractivity contribution >= 4 is 11.8 Å². The van der Waals surface area contributed by atoms with E-state index < -0.39 is 5.54 Å². The Morgan fingerprint density at radius 1 is 1.33 bits per heavy atom. The van der Waals surface area contributed by atoms with Crippen LogP contribution in [-0.2, 0) is 9.59 Å². The van der Waals surface area contributed by atoms with E-state index in [-0.39, 0.29) is 23.9 Å². The Hall–Kier alpha value is -1.06. The molecule has 0 radical (unpaired) electrons. The molecule has 4 nitrogen and oxygen atoms in total. The summed E-state index contributed by atoms with van der Waals surface area (Å²) in [5, 5.41) is 3.02. The summed E-state index contributed by atoms with van der Waals surface area (Å²) in [6.07, 6.45) is 5.28. The molecule has 1 saturated carbocycles. The lowest BCUT2D eigenvalue weighted by Crippen LogP contribution is -2.70. The first-order valence-electron chi connectivity index (χ1n) is 7.20. The molecule has 1 N–H and O–H groups in total. The van der Waals surface area contributed by atoms with Gasteiger partial charge in [-0.25, -0.2) is 0 Å². The van der Waals surface area contributed by atoms with E-state index in [0.717, 1.165) is 32.1 Å². The van der Waals surface area contributed by atoms with Crippen LogP contribution in [0.25, 0.3) is 0 Å². The Balaban J connectivity index is 2.32. The van der Waals surface area contributed by atoms with Gasteiger partial charge in [-0.05, 0) is 32.6 Å². The minimum absolute atomic E-state index is 0.0410. The highest BCUT2D eigenvalue weighted by atomic mass is 16.2. The van der Waals surface area contributed by atoms with Gasteiger partial charge in [-0.15, -0.1) is 0 Å². The van der Waals surface area contributed by atoms with Crippen molar-refractivity contribution < 1.29 is 9.59 Å². The van der Waals surface area contributed by atoms with Gasteiger partial charge < -0.3 is 10.2 Å². The predicted molar refractivity (Wildman–Crippen MR) is 70.0 cm³/mol. The third-order valence-corrected chi connectivity index (χ3v) is 4.55. The average Bonchev–Trinajstić information content (AvgIpc) is 2.82. The zero-order chi connectivity index (χ0) is 13.3. The van der Waals surface area contributed by atoms with E-state index in [9.17, 15) is 9.59 Å². The number of carbonyl (C=O) groups excluding carboxylic acids is 2. The number of amides is 2. The van der Waals surface area contributed by atoms with Crippen molar-refractivity contribution in [1.29, 1.82) is 0 Å². The molecule has 1 aliphatic heterocycles. The monoisotopic (exact) mass is 252 g/mol. The molecule has 1 heterocycles. The van der Waals surface area contributed by atoms with Crippen molar-refractivity contribution in [3.8, 4) is 0 Å². The largest absolute Gasteiger partial charge is 0.340 e. The summed E-state index contributed by atoms with van der Waals surface area (Å²) in [6, 6.07) is -0.135. The molecule has 102 valence electrons. The quantitative estimate of drug-likeness (QED) is 0.833. The van der Waals surface area contributed by atoms with Crippen molar-refractivity contribution in [3.63, 3.8) is 0 Å². The summed E-state index contributed by atoms with van der Waals surface area (Å²) < 4.78 is 0. The summed E-state index contributed by atoms with van der Waals surface area (Å²) in [5.41, 5.74) is -0.577. The molecule has 18 heavy (non-hydrogen) atoms. The second kappa shape index (κ2) is 4.90. The summed E-state index contributed by atoms with van der Waals surface area (Å²) >= 11 is 0. The standard InChI is InChI=1S/C14H24N2O2/c1-4-10(3)16-11(5-2)12(17)15-14(13(16)18)8-6-7-9-14/h10-11H,4-9H2,1-3H3,(H,15,17). The molecule has 0 aromatic heterocycles. The van der Waals surface area contributed by atoms with Gasteiger partial charge in [0.1, 0.15) is 11.6 Å². The highest BCUT2D eigenvalue weighted by Gasteiger charge is 2.52. The van der Waals surface area contributed by atoms with Crippen LogP contribution in [0.5, 0.6) is 0 Å². The molecule has 2 rings (SSSR count). The molecular weight excluding hydrogens is 228 g/mol. The third kappa shape index (κ3) is 1.91. The van der Waals surface area contributed by atoms with E-state index >= 15 is 0 Å². The number of hydrogen-bond acceptors (Lipinski definition) is 2. The van der Waals surface area contributed by atoms with Gasteiger partial charge in [0, 0.05) is 6.04 Å². The summed E-state index contributed by atoms with van der Waals surface area (Å²) in [6.45, 7) is 6.08. The van der Waals surface area contributed by atoms with Gasteiger partial charge in [0.25, 0.3) is 0 Å². The molecule has 1 spiro atoms. The third-order valence-electron chi connectivity index (χ3n) is 4.55. The molecule has 2 atom stereocenters. The van der Waals surface area contributed by atoms with Crippen molar-refractivity contribution in [2.45, 2.75) is 76.9 Å². The van der Waals surface area contributed by atoms with Crippen LogP contribution in [0.15, 0.2) is 0 Å². The van der Waals surface area contributed by atoms with E-state index in [0.29, 0.717) is 6.42 Å². The number of nitrogens with zero attached hydrogens (tertiary/aromatic N) is 1. The minimum atomic E-state index is -0.577. The normalized spacial score (nSPS) is 28.6. The highest BCUT2D eigenvalue weighted by Crippen LogP contribution is 2.36.